The van der Waals surface area contributed by atoms with E-state index in [1.165, 1.54) is 12.1 Å². The lowest BCUT2D eigenvalue weighted by atomic mass is 10.2. The van der Waals surface area contributed by atoms with E-state index in [1.807, 2.05) is 12.1 Å². The fourth-order valence-corrected chi connectivity index (χ4v) is 4.18. The van der Waals surface area contributed by atoms with Crippen LogP contribution in [0.5, 0.6) is 0 Å². The number of amides is 1. The van der Waals surface area contributed by atoms with E-state index in [4.69, 9.17) is 0 Å². The minimum Gasteiger partial charge on any atom is -0.349 e. The Morgan fingerprint density at radius 3 is 2.69 bits per heavy atom. The first-order valence-electron chi connectivity index (χ1n) is 8.84. The van der Waals surface area contributed by atoms with Crippen LogP contribution in [-0.2, 0) is 16.4 Å². The van der Waals surface area contributed by atoms with E-state index >= 15 is 0 Å². The molecule has 2 aromatic rings. The number of sulfonamides is 1. The van der Waals surface area contributed by atoms with Crippen LogP contribution in [0.25, 0.3) is 0 Å². The highest BCUT2D eigenvalue weighted by Gasteiger charge is 2.20. The smallest absolute Gasteiger partial charge is 0.251 e. The first kappa shape index (κ1) is 18.5. The molecule has 138 valence electrons. The SMILES string of the molecule is O=C(NC1CCCC1)c1cccc(S(=O)(=O)NCCc2cccnc2)c1. The highest BCUT2D eigenvalue weighted by Crippen LogP contribution is 2.19. The van der Waals surface area contributed by atoms with Crippen molar-refractivity contribution in [2.75, 3.05) is 6.54 Å². The van der Waals surface area contributed by atoms with Gasteiger partial charge in [-0.25, -0.2) is 13.1 Å². The van der Waals surface area contributed by atoms with Gasteiger partial charge in [0.15, 0.2) is 0 Å². The quantitative estimate of drug-likeness (QED) is 0.779. The molecular weight excluding hydrogens is 350 g/mol. The molecule has 1 heterocycles. The van der Waals surface area contributed by atoms with Crippen molar-refractivity contribution in [1.29, 1.82) is 0 Å². The van der Waals surface area contributed by atoms with Crippen molar-refractivity contribution < 1.29 is 13.2 Å². The second-order valence-corrected chi connectivity index (χ2v) is 8.26. The highest BCUT2D eigenvalue weighted by molar-refractivity contribution is 7.89. The third kappa shape index (κ3) is 4.89. The van der Waals surface area contributed by atoms with E-state index < -0.39 is 10.0 Å². The minimum absolute atomic E-state index is 0.0998. The Kier molecular flexibility index (Phi) is 6.00. The van der Waals surface area contributed by atoms with Gasteiger partial charge in [-0.2, -0.15) is 0 Å². The van der Waals surface area contributed by atoms with Gasteiger partial charge in [0.05, 0.1) is 4.90 Å². The van der Waals surface area contributed by atoms with Gasteiger partial charge < -0.3 is 5.32 Å². The largest absolute Gasteiger partial charge is 0.349 e. The summed E-state index contributed by atoms with van der Waals surface area (Å²) in [4.78, 5) is 16.5. The molecule has 0 radical (unpaired) electrons. The lowest BCUT2D eigenvalue weighted by molar-refractivity contribution is 0.0937. The minimum atomic E-state index is -3.66. The number of hydrogen-bond donors (Lipinski definition) is 2. The number of nitrogens with one attached hydrogen (secondary N) is 2. The van der Waals surface area contributed by atoms with Crippen molar-refractivity contribution in [2.45, 2.75) is 43.0 Å². The van der Waals surface area contributed by atoms with Crippen LogP contribution in [0.1, 0.15) is 41.6 Å². The molecule has 0 spiro atoms. The maximum atomic E-state index is 12.5. The maximum Gasteiger partial charge on any atom is 0.251 e. The van der Waals surface area contributed by atoms with Gasteiger partial charge in [0.1, 0.15) is 0 Å². The molecule has 7 heteroatoms. The van der Waals surface area contributed by atoms with E-state index in [-0.39, 0.29) is 23.4 Å². The number of pyridine rings is 1. The summed E-state index contributed by atoms with van der Waals surface area (Å²) in [7, 11) is -3.66. The maximum absolute atomic E-state index is 12.5. The second-order valence-electron chi connectivity index (χ2n) is 6.49. The molecule has 1 saturated carbocycles. The molecule has 1 fully saturated rings. The average molecular weight is 373 g/mol. The molecule has 3 rings (SSSR count). The number of nitrogens with zero attached hydrogens (tertiary/aromatic N) is 1. The molecule has 0 saturated heterocycles. The van der Waals surface area contributed by atoms with E-state index in [2.05, 4.69) is 15.0 Å². The van der Waals surface area contributed by atoms with Gasteiger partial charge in [-0.05, 0) is 49.1 Å². The molecule has 0 atom stereocenters. The Morgan fingerprint density at radius 2 is 1.96 bits per heavy atom. The zero-order valence-electron chi connectivity index (χ0n) is 14.5. The third-order valence-electron chi connectivity index (χ3n) is 4.53. The van der Waals surface area contributed by atoms with Crippen LogP contribution < -0.4 is 10.0 Å². The topological polar surface area (TPSA) is 88.2 Å². The predicted molar refractivity (Wildman–Crippen MR) is 99.3 cm³/mol. The molecule has 6 nitrogen and oxygen atoms in total. The number of carbonyl (C=O) groups excluding carboxylic acids is 1. The average Bonchev–Trinajstić information content (AvgIpc) is 3.15. The standard InChI is InChI=1S/C19H23N3O3S/c23-19(22-17-7-1-2-8-17)16-6-3-9-18(13-16)26(24,25)21-12-10-15-5-4-11-20-14-15/h3-6,9,11,13-14,17,21H,1-2,7-8,10,12H2,(H,22,23). The van der Waals surface area contributed by atoms with Gasteiger partial charge >= 0.3 is 0 Å². The number of hydrogen-bond acceptors (Lipinski definition) is 4. The van der Waals surface area contributed by atoms with Crippen molar-refractivity contribution in [2.24, 2.45) is 0 Å². The molecule has 2 N–H and O–H groups in total. The van der Waals surface area contributed by atoms with Crippen molar-refractivity contribution in [3.05, 3.63) is 59.9 Å². The Morgan fingerprint density at radius 1 is 1.15 bits per heavy atom. The van der Waals surface area contributed by atoms with Gasteiger partial charge in [-0.1, -0.05) is 25.0 Å². The van der Waals surface area contributed by atoms with Gasteiger partial charge in [-0.15, -0.1) is 0 Å². The molecule has 1 aliphatic rings. The summed E-state index contributed by atoms with van der Waals surface area (Å²) in [5.74, 6) is -0.218. The Balaban J connectivity index is 1.62. The summed E-state index contributed by atoms with van der Waals surface area (Å²) in [5, 5.41) is 2.98. The Hall–Kier alpha value is -2.25. The van der Waals surface area contributed by atoms with Crippen LogP contribution in [0.15, 0.2) is 53.7 Å². The zero-order chi connectivity index (χ0) is 18.4. The molecular formula is C19H23N3O3S. The molecule has 0 bridgehead atoms. The van der Waals surface area contributed by atoms with Crippen molar-refractivity contribution in [3.63, 3.8) is 0 Å². The summed E-state index contributed by atoms with van der Waals surface area (Å²) >= 11 is 0. The molecule has 0 unspecified atom stereocenters. The van der Waals surface area contributed by atoms with Crippen LogP contribution in [0, 0.1) is 0 Å². The van der Waals surface area contributed by atoms with Crippen LogP contribution in [-0.4, -0.2) is 31.9 Å². The second kappa shape index (κ2) is 8.42. The summed E-state index contributed by atoms with van der Waals surface area (Å²) in [6.45, 7) is 0.270. The van der Waals surface area contributed by atoms with Gasteiger partial charge in [0.25, 0.3) is 5.91 Å². The predicted octanol–water partition coefficient (Wildman–Crippen LogP) is 2.27. The number of aromatic nitrogens is 1. The number of carbonyl (C=O) groups is 1. The molecule has 1 aromatic carbocycles. The molecule has 0 aliphatic heterocycles. The first-order valence-corrected chi connectivity index (χ1v) is 10.3. The third-order valence-corrected chi connectivity index (χ3v) is 5.98. The van der Waals surface area contributed by atoms with Crippen molar-refractivity contribution in [1.82, 2.24) is 15.0 Å². The normalized spacial score (nSPS) is 15.1. The highest BCUT2D eigenvalue weighted by atomic mass is 32.2. The molecule has 26 heavy (non-hydrogen) atoms. The molecule has 1 amide bonds. The molecule has 1 aromatic heterocycles. The van der Waals surface area contributed by atoms with Crippen molar-refractivity contribution in [3.8, 4) is 0 Å². The van der Waals surface area contributed by atoms with E-state index in [9.17, 15) is 13.2 Å². The van der Waals surface area contributed by atoms with Crippen molar-refractivity contribution >= 4 is 15.9 Å². The van der Waals surface area contributed by atoms with Crippen LogP contribution in [0.4, 0.5) is 0 Å². The first-order chi connectivity index (χ1) is 12.5. The van der Waals surface area contributed by atoms with Gasteiger partial charge in [0, 0.05) is 30.5 Å². The fourth-order valence-electron chi connectivity index (χ4n) is 3.10. The van der Waals surface area contributed by atoms with Gasteiger partial charge in [0.2, 0.25) is 10.0 Å². The number of rotatable bonds is 7. The van der Waals surface area contributed by atoms with Crippen LogP contribution in [0.2, 0.25) is 0 Å². The zero-order valence-corrected chi connectivity index (χ0v) is 15.3. The lowest BCUT2D eigenvalue weighted by Crippen LogP contribution is -2.33. The summed E-state index contributed by atoms with van der Waals surface area (Å²) < 4.78 is 27.5. The summed E-state index contributed by atoms with van der Waals surface area (Å²) in [6.07, 6.45) is 8.16. The fraction of sp³-hybridized carbons (Fsp3) is 0.368. The number of benzene rings is 1. The summed E-state index contributed by atoms with van der Waals surface area (Å²) in [5.41, 5.74) is 1.33. The lowest BCUT2D eigenvalue weighted by Gasteiger charge is -2.13. The Bertz CT molecular complexity index is 847. The van der Waals surface area contributed by atoms with E-state index in [0.717, 1.165) is 31.2 Å². The van der Waals surface area contributed by atoms with Crippen LogP contribution in [0.3, 0.4) is 0 Å². The monoisotopic (exact) mass is 373 g/mol. The van der Waals surface area contributed by atoms with Gasteiger partial charge in [-0.3, -0.25) is 9.78 Å². The van der Waals surface area contributed by atoms with E-state index in [0.29, 0.717) is 12.0 Å². The summed E-state index contributed by atoms with van der Waals surface area (Å²) in [6, 6.07) is 10.1. The van der Waals surface area contributed by atoms with E-state index in [1.54, 1.807) is 24.5 Å². The Labute approximate surface area is 154 Å². The molecule has 1 aliphatic carbocycles. The van der Waals surface area contributed by atoms with Crippen LogP contribution >= 0.6 is 0 Å².